The van der Waals surface area contributed by atoms with Crippen molar-refractivity contribution in [1.29, 1.82) is 0 Å². The lowest BCUT2D eigenvalue weighted by atomic mass is 9.97. The molecule has 9 N–H and O–H groups in total. The Hall–Kier alpha value is -1.22. The van der Waals surface area contributed by atoms with Gasteiger partial charge in [0.05, 0.1) is 12.7 Å². The van der Waals surface area contributed by atoms with Crippen LogP contribution in [-0.2, 0) is 14.3 Å². The van der Waals surface area contributed by atoms with E-state index < -0.39 is 67.6 Å². The van der Waals surface area contributed by atoms with Gasteiger partial charge in [0.25, 0.3) is 0 Å². The topological polar surface area (TPSA) is 217 Å². The first kappa shape index (κ1) is 24.8. The molecule has 1 rings (SSSR count). The molecule has 0 radical (unpaired) electrons. The Bertz CT molecular complexity index is 435. The van der Waals surface area contributed by atoms with Gasteiger partial charge in [-0.25, -0.2) is 0 Å². The molecule has 154 valence electrons. The Labute approximate surface area is 149 Å². The van der Waals surface area contributed by atoms with E-state index in [-0.39, 0.29) is 6.29 Å². The first-order valence-electron chi connectivity index (χ1n) is 7.73. The summed E-state index contributed by atoms with van der Waals surface area (Å²) in [6.45, 7) is 1.93. The van der Waals surface area contributed by atoms with Gasteiger partial charge in [-0.3, -0.25) is 4.79 Å². The number of hydrogen-bond acceptors (Lipinski definition) is 11. The lowest BCUT2D eigenvalue weighted by molar-refractivity contribution is -0.253. The summed E-state index contributed by atoms with van der Waals surface area (Å²) in [5, 5.41) is 74.5. The van der Waals surface area contributed by atoms with Gasteiger partial charge in [-0.15, -0.1) is 0 Å². The molecule has 0 bridgehead atoms. The van der Waals surface area contributed by atoms with Gasteiger partial charge >= 0.3 is 0 Å². The number of nitrogens with one attached hydrogen (secondary N) is 1. The Balaban J connectivity index is 0.000000508. The molecule has 1 heterocycles. The van der Waals surface area contributed by atoms with Gasteiger partial charge in [-0.1, -0.05) is 0 Å². The second-order valence-electron chi connectivity index (χ2n) is 5.80. The average Bonchev–Trinajstić information content (AvgIpc) is 2.59. The van der Waals surface area contributed by atoms with Gasteiger partial charge in [0.2, 0.25) is 5.91 Å². The van der Waals surface area contributed by atoms with Gasteiger partial charge in [0.15, 0.2) is 12.6 Å². The molecule has 1 saturated heterocycles. The minimum atomic E-state index is -1.65. The van der Waals surface area contributed by atoms with Gasteiger partial charge in [0.1, 0.15) is 42.7 Å². The number of ether oxygens (including phenoxy) is 1. The first-order valence-corrected chi connectivity index (χ1v) is 7.73. The molecule has 0 aromatic heterocycles. The number of amides is 1. The number of carbonyl (C=O) groups excluding carboxylic acids is 2. The van der Waals surface area contributed by atoms with Crippen molar-refractivity contribution >= 4 is 12.2 Å². The van der Waals surface area contributed by atoms with E-state index >= 15 is 0 Å². The van der Waals surface area contributed by atoms with Crippen LogP contribution in [0.4, 0.5) is 0 Å². The summed E-state index contributed by atoms with van der Waals surface area (Å²) in [7, 11) is 0. The van der Waals surface area contributed by atoms with Crippen molar-refractivity contribution in [2.24, 2.45) is 0 Å². The molecular formula is C14H27NO11. The number of aliphatic hydroxyl groups excluding tert-OH is 8. The van der Waals surface area contributed by atoms with Gasteiger partial charge in [-0.2, -0.15) is 0 Å². The number of aldehydes is 1. The van der Waals surface area contributed by atoms with Crippen LogP contribution >= 0.6 is 0 Å². The van der Waals surface area contributed by atoms with E-state index in [1.54, 1.807) is 0 Å². The van der Waals surface area contributed by atoms with E-state index in [1.165, 1.54) is 13.8 Å². The molecule has 0 spiro atoms. The quantitative estimate of drug-likeness (QED) is 0.196. The molecule has 1 aliphatic rings. The lowest BCUT2D eigenvalue weighted by Gasteiger charge is -2.40. The highest BCUT2D eigenvalue weighted by Gasteiger charge is 2.43. The Morgan fingerprint density at radius 1 is 1.12 bits per heavy atom. The minimum Gasteiger partial charge on any atom is -0.394 e. The van der Waals surface area contributed by atoms with Crippen molar-refractivity contribution in [3.8, 4) is 0 Å². The van der Waals surface area contributed by atoms with Crippen molar-refractivity contribution in [1.82, 2.24) is 5.32 Å². The fourth-order valence-corrected chi connectivity index (χ4v) is 2.06. The Kier molecular flexibility index (Phi) is 10.9. The highest BCUT2D eigenvalue weighted by Crippen LogP contribution is 2.19. The molecule has 1 aliphatic heterocycles. The maximum Gasteiger partial charge on any atom is 0.217 e. The molecule has 0 aliphatic carbocycles. The molecule has 12 nitrogen and oxygen atoms in total. The van der Waals surface area contributed by atoms with Crippen LogP contribution in [-0.4, -0.2) is 115 Å². The highest BCUT2D eigenvalue weighted by molar-refractivity contribution is 5.73. The lowest BCUT2D eigenvalue weighted by Crippen LogP contribution is -2.63. The third-order valence-corrected chi connectivity index (χ3v) is 3.60. The molecule has 0 aromatic rings. The molecular weight excluding hydrogens is 358 g/mol. The van der Waals surface area contributed by atoms with Crippen molar-refractivity contribution < 1.29 is 55.2 Å². The minimum absolute atomic E-state index is 0.0935. The van der Waals surface area contributed by atoms with Crippen molar-refractivity contribution in [2.75, 3.05) is 6.61 Å². The van der Waals surface area contributed by atoms with Crippen LogP contribution in [0.25, 0.3) is 0 Å². The number of rotatable bonds is 6. The standard InChI is InChI=1S/C8H15NO6.C6H12O5/c1-3(11)9-5-7(13)6(12)4(2-10)15-8(5)14;1-3(8)5(10)6(11)4(9)2-7/h4-8,10,12-14H,2H2,1H3,(H,9,11);2-6,8-11H,1H3/t4-,5+,6-,7-,8?;3-,4-,5-,6-/m10/s1. The third-order valence-electron chi connectivity index (χ3n) is 3.60. The maximum absolute atomic E-state index is 10.7. The monoisotopic (exact) mass is 385 g/mol. The maximum atomic E-state index is 10.7. The van der Waals surface area contributed by atoms with Crippen LogP contribution < -0.4 is 5.32 Å². The van der Waals surface area contributed by atoms with Crippen LogP contribution in [0.3, 0.4) is 0 Å². The second kappa shape index (κ2) is 11.5. The van der Waals surface area contributed by atoms with Gasteiger partial charge < -0.3 is 55.7 Å². The molecule has 1 amide bonds. The fraction of sp³-hybridized carbons (Fsp3) is 0.857. The summed E-state index contributed by atoms with van der Waals surface area (Å²) in [5.74, 6) is -0.462. The summed E-state index contributed by atoms with van der Waals surface area (Å²) in [6, 6.07) is -1.10. The molecule has 12 heteroatoms. The summed E-state index contributed by atoms with van der Waals surface area (Å²) < 4.78 is 4.81. The van der Waals surface area contributed by atoms with E-state index in [0.29, 0.717) is 0 Å². The largest absolute Gasteiger partial charge is 0.394 e. The summed E-state index contributed by atoms with van der Waals surface area (Å²) >= 11 is 0. The van der Waals surface area contributed by atoms with Crippen LogP contribution in [0.1, 0.15) is 13.8 Å². The highest BCUT2D eigenvalue weighted by atomic mass is 16.6. The zero-order valence-corrected chi connectivity index (χ0v) is 14.3. The smallest absolute Gasteiger partial charge is 0.217 e. The van der Waals surface area contributed by atoms with Crippen LogP contribution in [0.5, 0.6) is 0 Å². The van der Waals surface area contributed by atoms with Crippen molar-refractivity contribution in [3.05, 3.63) is 0 Å². The normalized spacial score (nSPS) is 33.1. The van der Waals surface area contributed by atoms with Crippen LogP contribution in [0.2, 0.25) is 0 Å². The third kappa shape index (κ3) is 7.19. The first-order chi connectivity index (χ1) is 12.0. The van der Waals surface area contributed by atoms with Gasteiger partial charge in [-0.05, 0) is 6.92 Å². The Morgan fingerprint density at radius 3 is 2.04 bits per heavy atom. The van der Waals surface area contributed by atoms with E-state index in [2.05, 4.69) is 5.32 Å². The van der Waals surface area contributed by atoms with Crippen LogP contribution in [0, 0.1) is 0 Å². The zero-order valence-electron chi connectivity index (χ0n) is 14.3. The molecule has 0 saturated carbocycles. The van der Waals surface area contributed by atoms with E-state index in [4.69, 9.17) is 30.3 Å². The van der Waals surface area contributed by atoms with Gasteiger partial charge in [0, 0.05) is 6.92 Å². The molecule has 9 atom stereocenters. The van der Waals surface area contributed by atoms with E-state index in [9.17, 15) is 24.9 Å². The molecule has 0 aromatic carbocycles. The number of carbonyl (C=O) groups is 2. The summed E-state index contributed by atoms with van der Waals surface area (Å²) in [6.07, 6.45) is -11.1. The summed E-state index contributed by atoms with van der Waals surface area (Å²) in [5.41, 5.74) is 0. The fourth-order valence-electron chi connectivity index (χ4n) is 2.06. The second-order valence-corrected chi connectivity index (χ2v) is 5.80. The Morgan fingerprint density at radius 2 is 1.65 bits per heavy atom. The van der Waals surface area contributed by atoms with Crippen molar-refractivity contribution in [3.63, 3.8) is 0 Å². The van der Waals surface area contributed by atoms with Crippen LogP contribution in [0.15, 0.2) is 0 Å². The molecule has 26 heavy (non-hydrogen) atoms. The van der Waals surface area contributed by atoms with E-state index in [1.807, 2.05) is 0 Å². The summed E-state index contributed by atoms with van der Waals surface area (Å²) in [4.78, 5) is 20.6. The molecule has 1 unspecified atom stereocenters. The molecule has 1 fully saturated rings. The predicted molar refractivity (Wildman–Crippen MR) is 83.3 cm³/mol. The van der Waals surface area contributed by atoms with Crippen molar-refractivity contribution in [2.45, 2.75) is 68.9 Å². The number of aliphatic hydroxyl groups is 8. The zero-order chi connectivity index (χ0) is 20.6. The average molecular weight is 385 g/mol. The predicted octanol–water partition coefficient (Wildman–Crippen LogP) is -5.43. The number of hydrogen-bond donors (Lipinski definition) is 9. The van der Waals surface area contributed by atoms with E-state index in [0.717, 1.165) is 0 Å². The SMILES string of the molecule is CC(=O)N[C@@H]1C(O)O[C@H](CO)[C@@H](O)[C@@H]1O.C[C@H](O)[C@H](O)[C@@H](O)[C@@H](O)C=O.